The number of carbonyl (C=O) groups excluding carboxylic acids is 1. The molecule has 0 aliphatic heterocycles. The Morgan fingerprint density at radius 1 is 1.29 bits per heavy atom. The SMILES string of the molecule is COc1ccc(/C=N\NC(=O)c2oc3ccccc3c2C)cc1Br. The van der Waals surface area contributed by atoms with Crippen LogP contribution in [0, 0.1) is 6.92 Å². The van der Waals surface area contributed by atoms with Gasteiger partial charge in [0.25, 0.3) is 0 Å². The molecule has 0 saturated carbocycles. The van der Waals surface area contributed by atoms with E-state index in [1.165, 1.54) is 0 Å². The Morgan fingerprint density at radius 2 is 2.08 bits per heavy atom. The number of halogens is 1. The number of nitrogens with one attached hydrogen (secondary N) is 1. The lowest BCUT2D eigenvalue weighted by Gasteiger charge is -2.03. The summed E-state index contributed by atoms with van der Waals surface area (Å²) in [6.07, 6.45) is 1.56. The van der Waals surface area contributed by atoms with Crippen LogP contribution in [0.5, 0.6) is 5.75 Å². The minimum absolute atomic E-state index is 0.268. The first-order valence-electron chi connectivity index (χ1n) is 7.25. The van der Waals surface area contributed by atoms with Gasteiger partial charge in [0.15, 0.2) is 5.76 Å². The van der Waals surface area contributed by atoms with E-state index in [0.717, 1.165) is 26.7 Å². The lowest BCUT2D eigenvalue weighted by atomic mass is 10.1. The van der Waals surface area contributed by atoms with Crippen molar-refractivity contribution in [3.05, 3.63) is 63.8 Å². The van der Waals surface area contributed by atoms with Gasteiger partial charge in [-0.1, -0.05) is 18.2 Å². The highest BCUT2D eigenvalue weighted by Gasteiger charge is 2.16. The largest absolute Gasteiger partial charge is 0.496 e. The van der Waals surface area contributed by atoms with Crippen LogP contribution in [-0.2, 0) is 0 Å². The number of furan rings is 1. The molecule has 0 radical (unpaired) electrons. The number of fused-ring (bicyclic) bond motifs is 1. The van der Waals surface area contributed by atoms with Crippen LogP contribution in [-0.4, -0.2) is 19.2 Å². The van der Waals surface area contributed by atoms with Crippen molar-refractivity contribution < 1.29 is 13.9 Å². The molecule has 6 heteroatoms. The third kappa shape index (κ3) is 3.19. The smallest absolute Gasteiger partial charge is 0.307 e. The van der Waals surface area contributed by atoms with Gasteiger partial charge in [0.1, 0.15) is 11.3 Å². The average Bonchev–Trinajstić information content (AvgIpc) is 2.92. The van der Waals surface area contributed by atoms with Crippen LogP contribution >= 0.6 is 15.9 Å². The van der Waals surface area contributed by atoms with Crippen LogP contribution in [0.2, 0.25) is 0 Å². The van der Waals surface area contributed by atoms with Gasteiger partial charge >= 0.3 is 5.91 Å². The molecular formula is C18H15BrN2O3. The Bertz CT molecular complexity index is 931. The lowest BCUT2D eigenvalue weighted by molar-refractivity contribution is 0.0929. The number of nitrogens with zero attached hydrogens (tertiary/aromatic N) is 1. The van der Waals surface area contributed by atoms with E-state index in [1.54, 1.807) is 13.3 Å². The summed E-state index contributed by atoms with van der Waals surface area (Å²) >= 11 is 3.40. The molecule has 5 nitrogen and oxygen atoms in total. The highest BCUT2D eigenvalue weighted by molar-refractivity contribution is 9.10. The molecule has 1 heterocycles. The van der Waals surface area contributed by atoms with Crippen molar-refractivity contribution in [2.24, 2.45) is 5.10 Å². The zero-order valence-corrected chi connectivity index (χ0v) is 14.8. The Hall–Kier alpha value is -2.60. The van der Waals surface area contributed by atoms with Crippen LogP contribution in [0.3, 0.4) is 0 Å². The maximum absolute atomic E-state index is 12.2. The van der Waals surface area contributed by atoms with Gasteiger partial charge in [-0.3, -0.25) is 4.79 Å². The summed E-state index contributed by atoms with van der Waals surface area (Å²) in [4.78, 5) is 12.2. The second kappa shape index (κ2) is 6.88. The summed E-state index contributed by atoms with van der Waals surface area (Å²) in [5, 5.41) is 4.90. The normalized spacial score (nSPS) is 11.1. The van der Waals surface area contributed by atoms with E-state index in [-0.39, 0.29) is 11.7 Å². The molecule has 1 amide bonds. The van der Waals surface area contributed by atoms with Gasteiger partial charge < -0.3 is 9.15 Å². The Morgan fingerprint density at radius 3 is 2.79 bits per heavy atom. The van der Waals surface area contributed by atoms with Crippen LogP contribution in [0.1, 0.15) is 21.7 Å². The number of carbonyl (C=O) groups is 1. The van der Waals surface area contributed by atoms with Crippen molar-refractivity contribution >= 4 is 39.0 Å². The first-order valence-corrected chi connectivity index (χ1v) is 8.04. The Balaban J connectivity index is 1.75. The maximum atomic E-state index is 12.2. The molecule has 2 aromatic carbocycles. The summed E-state index contributed by atoms with van der Waals surface area (Å²) in [6, 6.07) is 13.0. The number of rotatable bonds is 4. The van der Waals surface area contributed by atoms with Gasteiger partial charge in [-0.15, -0.1) is 0 Å². The molecule has 0 fully saturated rings. The summed E-state index contributed by atoms with van der Waals surface area (Å²) in [5.74, 6) is 0.617. The third-order valence-corrected chi connectivity index (χ3v) is 4.23. The molecule has 0 bridgehead atoms. The standard InChI is InChI=1S/C18H15BrN2O3/c1-11-13-5-3-4-6-15(13)24-17(11)18(22)21-20-10-12-7-8-16(23-2)14(19)9-12/h3-10H,1-2H3,(H,21,22)/b20-10-. The summed E-state index contributed by atoms with van der Waals surface area (Å²) in [6.45, 7) is 1.85. The molecule has 1 aromatic heterocycles. The molecule has 0 atom stereocenters. The molecule has 122 valence electrons. The fourth-order valence-corrected chi connectivity index (χ4v) is 2.93. The molecule has 0 aliphatic rings. The van der Waals surface area contributed by atoms with Gasteiger partial charge in [0.05, 0.1) is 17.8 Å². The number of methoxy groups -OCH3 is 1. The Labute approximate surface area is 147 Å². The molecule has 3 aromatic rings. The van der Waals surface area contributed by atoms with Gasteiger partial charge in [0.2, 0.25) is 0 Å². The van der Waals surface area contributed by atoms with Crippen LogP contribution < -0.4 is 10.2 Å². The molecule has 0 unspecified atom stereocenters. The molecule has 0 aliphatic carbocycles. The highest BCUT2D eigenvalue weighted by Crippen LogP contribution is 2.25. The van der Waals surface area contributed by atoms with E-state index in [2.05, 4.69) is 26.5 Å². The van der Waals surface area contributed by atoms with E-state index in [1.807, 2.05) is 49.4 Å². The molecule has 0 spiro atoms. The number of benzene rings is 2. The van der Waals surface area contributed by atoms with Crippen LogP contribution in [0.4, 0.5) is 0 Å². The quantitative estimate of drug-likeness (QED) is 0.537. The summed E-state index contributed by atoms with van der Waals surface area (Å²) in [5.41, 5.74) is 4.79. The molecule has 1 N–H and O–H groups in total. The molecular weight excluding hydrogens is 372 g/mol. The minimum atomic E-state index is -0.382. The van der Waals surface area contributed by atoms with Crippen molar-refractivity contribution in [2.45, 2.75) is 6.92 Å². The third-order valence-electron chi connectivity index (χ3n) is 3.61. The number of ether oxygens (including phenoxy) is 1. The van der Waals surface area contributed by atoms with E-state index in [4.69, 9.17) is 9.15 Å². The van der Waals surface area contributed by atoms with E-state index in [9.17, 15) is 4.79 Å². The first-order chi connectivity index (χ1) is 11.6. The minimum Gasteiger partial charge on any atom is -0.496 e. The highest BCUT2D eigenvalue weighted by atomic mass is 79.9. The van der Waals surface area contributed by atoms with E-state index in [0.29, 0.717) is 5.58 Å². The van der Waals surface area contributed by atoms with Crippen LogP contribution in [0.15, 0.2) is 56.5 Å². The van der Waals surface area contributed by atoms with Crippen molar-refractivity contribution in [1.82, 2.24) is 5.43 Å². The van der Waals surface area contributed by atoms with Crippen molar-refractivity contribution in [1.29, 1.82) is 0 Å². The lowest BCUT2D eigenvalue weighted by Crippen LogP contribution is -2.17. The molecule has 24 heavy (non-hydrogen) atoms. The zero-order chi connectivity index (χ0) is 17.1. The number of hydrogen-bond donors (Lipinski definition) is 1. The summed E-state index contributed by atoms with van der Waals surface area (Å²) in [7, 11) is 1.60. The number of hydrazone groups is 1. The monoisotopic (exact) mass is 386 g/mol. The van der Waals surface area contributed by atoms with Crippen molar-refractivity contribution in [3.63, 3.8) is 0 Å². The molecule has 0 saturated heterocycles. The predicted molar refractivity (Wildman–Crippen MR) is 96.7 cm³/mol. The fourth-order valence-electron chi connectivity index (χ4n) is 2.37. The fraction of sp³-hybridized carbons (Fsp3) is 0.111. The number of aryl methyl sites for hydroxylation is 1. The van der Waals surface area contributed by atoms with Gasteiger partial charge in [-0.25, -0.2) is 5.43 Å². The zero-order valence-electron chi connectivity index (χ0n) is 13.2. The van der Waals surface area contributed by atoms with Crippen molar-refractivity contribution in [3.8, 4) is 5.75 Å². The topological polar surface area (TPSA) is 63.8 Å². The van der Waals surface area contributed by atoms with Gasteiger partial charge in [0, 0.05) is 10.9 Å². The van der Waals surface area contributed by atoms with Gasteiger partial charge in [-0.05, 0) is 52.7 Å². The second-order valence-electron chi connectivity index (χ2n) is 5.15. The van der Waals surface area contributed by atoms with Gasteiger partial charge in [-0.2, -0.15) is 5.10 Å². The average molecular weight is 387 g/mol. The summed E-state index contributed by atoms with van der Waals surface area (Å²) < 4.78 is 11.6. The Kier molecular flexibility index (Phi) is 4.66. The maximum Gasteiger partial charge on any atom is 0.307 e. The molecule has 3 rings (SSSR count). The number of para-hydroxylation sites is 1. The number of amides is 1. The van der Waals surface area contributed by atoms with E-state index < -0.39 is 0 Å². The number of hydrogen-bond acceptors (Lipinski definition) is 4. The van der Waals surface area contributed by atoms with Crippen molar-refractivity contribution in [2.75, 3.05) is 7.11 Å². The predicted octanol–water partition coefficient (Wildman–Crippen LogP) is 4.28. The second-order valence-corrected chi connectivity index (χ2v) is 6.00. The van der Waals surface area contributed by atoms with E-state index >= 15 is 0 Å². The first kappa shape index (κ1) is 16.3. The van der Waals surface area contributed by atoms with Crippen LogP contribution in [0.25, 0.3) is 11.0 Å².